The summed E-state index contributed by atoms with van der Waals surface area (Å²) in [6, 6.07) is 6.95. The summed E-state index contributed by atoms with van der Waals surface area (Å²) in [7, 11) is 0. The number of nitriles is 1. The quantitative estimate of drug-likeness (QED) is 0.746. The summed E-state index contributed by atoms with van der Waals surface area (Å²) in [6.45, 7) is 4.30. The van der Waals surface area contributed by atoms with Crippen molar-refractivity contribution in [1.29, 1.82) is 5.26 Å². The molecule has 1 aliphatic rings. The molecule has 2 atom stereocenters. The molecule has 2 heterocycles. The van der Waals surface area contributed by atoms with E-state index in [4.69, 9.17) is 5.73 Å². The van der Waals surface area contributed by atoms with E-state index < -0.39 is 0 Å². The summed E-state index contributed by atoms with van der Waals surface area (Å²) in [5, 5.41) is 18.1. The van der Waals surface area contributed by atoms with Gasteiger partial charge < -0.3 is 16.4 Å². The Morgan fingerprint density at radius 2 is 2.12 bits per heavy atom. The molecule has 0 aliphatic heterocycles. The lowest BCUT2D eigenvalue weighted by Crippen LogP contribution is -2.21. The number of anilines is 2. The first kappa shape index (κ1) is 17.4. The Balaban J connectivity index is 1.94. The lowest BCUT2D eigenvalue weighted by molar-refractivity contribution is 0.669. The molecule has 3 rings (SSSR count). The van der Waals surface area contributed by atoms with E-state index in [1.807, 2.05) is 12.3 Å². The van der Waals surface area contributed by atoms with Gasteiger partial charge in [-0.3, -0.25) is 0 Å². The summed E-state index contributed by atoms with van der Waals surface area (Å²) in [6.07, 6.45) is 6.93. The van der Waals surface area contributed by atoms with Gasteiger partial charge in [0.2, 0.25) is 0 Å². The lowest BCUT2D eigenvalue weighted by Gasteiger charge is -2.18. The van der Waals surface area contributed by atoms with Gasteiger partial charge in [0.1, 0.15) is 23.4 Å². The maximum Gasteiger partial charge on any atom is 0.143 e. The molecule has 0 bridgehead atoms. The van der Waals surface area contributed by atoms with Crippen molar-refractivity contribution < 1.29 is 0 Å². The number of pyridine rings is 2. The molecule has 2 aromatic rings. The Hall–Kier alpha value is -2.39. The first-order valence-corrected chi connectivity index (χ1v) is 9.12. The number of nitrogens with two attached hydrogens (primary N) is 1. The van der Waals surface area contributed by atoms with Crippen molar-refractivity contribution >= 4 is 22.4 Å². The highest BCUT2D eigenvalue weighted by atomic mass is 15.0. The predicted octanol–water partition coefficient (Wildman–Crippen LogP) is 3.39. The molecular formula is C19H26N6. The zero-order valence-corrected chi connectivity index (χ0v) is 14.9. The van der Waals surface area contributed by atoms with Gasteiger partial charge in [-0.2, -0.15) is 5.26 Å². The summed E-state index contributed by atoms with van der Waals surface area (Å²) in [5.41, 5.74) is 6.41. The van der Waals surface area contributed by atoms with E-state index in [2.05, 4.69) is 40.5 Å². The van der Waals surface area contributed by atoms with E-state index >= 15 is 0 Å². The first-order valence-electron chi connectivity index (χ1n) is 9.12. The number of aromatic nitrogens is 2. The van der Waals surface area contributed by atoms with Crippen molar-refractivity contribution in [2.24, 2.45) is 5.73 Å². The standard InChI is InChI=1S/C19H26N6/c1-3-14(4-2)24-19-17-9-18(23-15-6-5-13(21)8-15)22-11-12(17)7-16(10-20)25-19/h7,9,11,13-15H,3-6,8,21H2,1-2H3,(H,22,23)(H,24,25)/t13-,15-/m0/s1. The van der Waals surface area contributed by atoms with E-state index in [1.165, 1.54) is 0 Å². The molecule has 132 valence electrons. The van der Waals surface area contributed by atoms with Crippen LogP contribution in [0.25, 0.3) is 10.8 Å². The van der Waals surface area contributed by atoms with Crippen molar-refractivity contribution in [3.05, 3.63) is 24.0 Å². The molecule has 1 saturated carbocycles. The molecule has 1 fully saturated rings. The Kier molecular flexibility index (Phi) is 5.34. The summed E-state index contributed by atoms with van der Waals surface area (Å²) in [5.74, 6) is 1.60. The van der Waals surface area contributed by atoms with Crippen LogP contribution in [-0.2, 0) is 0 Å². The molecule has 4 N–H and O–H groups in total. The third-order valence-corrected chi connectivity index (χ3v) is 4.98. The van der Waals surface area contributed by atoms with Crippen LogP contribution < -0.4 is 16.4 Å². The minimum Gasteiger partial charge on any atom is -0.367 e. The van der Waals surface area contributed by atoms with Crippen molar-refractivity contribution in [2.45, 2.75) is 64.1 Å². The fourth-order valence-corrected chi connectivity index (χ4v) is 3.44. The second-order valence-electron chi connectivity index (χ2n) is 6.83. The van der Waals surface area contributed by atoms with Gasteiger partial charge in [-0.25, -0.2) is 9.97 Å². The predicted molar refractivity (Wildman–Crippen MR) is 101 cm³/mol. The molecule has 6 heteroatoms. The lowest BCUT2D eigenvalue weighted by atomic mass is 10.1. The fourth-order valence-electron chi connectivity index (χ4n) is 3.44. The zero-order valence-electron chi connectivity index (χ0n) is 14.9. The van der Waals surface area contributed by atoms with Gasteiger partial charge in [0, 0.05) is 35.1 Å². The molecule has 0 amide bonds. The van der Waals surface area contributed by atoms with Gasteiger partial charge in [0.25, 0.3) is 0 Å². The molecule has 0 aromatic carbocycles. The van der Waals surface area contributed by atoms with Crippen LogP contribution >= 0.6 is 0 Å². The fraction of sp³-hybridized carbons (Fsp3) is 0.526. The first-order chi connectivity index (χ1) is 12.1. The van der Waals surface area contributed by atoms with Crippen LogP contribution in [0.2, 0.25) is 0 Å². The molecule has 6 nitrogen and oxygen atoms in total. The van der Waals surface area contributed by atoms with Crippen LogP contribution in [-0.4, -0.2) is 28.1 Å². The maximum atomic E-state index is 9.25. The summed E-state index contributed by atoms with van der Waals surface area (Å²) < 4.78 is 0. The van der Waals surface area contributed by atoms with Crippen LogP contribution in [0.15, 0.2) is 18.3 Å². The SMILES string of the molecule is CCC(CC)Nc1nc(C#N)cc2cnc(N[C@H]3CC[C@H](N)C3)cc12. The second-order valence-corrected chi connectivity index (χ2v) is 6.83. The van der Waals surface area contributed by atoms with Gasteiger partial charge in [-0.1, -0.05) is 13.8 Å². The minimum absolute atomic E-state index is 0.282. The highest BCUT2D eigenvalue weighted by Gasteiger charge is 2.22. The van der Waals surface area contributed by atoms with Gasteiger partial charge in [-0.15, -0.1) is 0 Å². The third-order valence-electron chi connectivity index (χ3n) is 4.98. The number of nitrogens with one attached hydrogen (secondary N) is 2. The van der Waals surface area contributed by atoms with Crippen molar-refractivity contribution in [3.8, 4) is 6.07 Å². The van der Waals surface area contributed by atoms with Crippen LogP contribution in [0.1, 0.15) is 51.6 Å². The number of rotatable bonds is 6. The third kappa shape index (κ3) is 3.99. The van der Waals surface area contributed by atoms with E-state index in [0.29, 0.717) is 17.8 Å². The molecule has 2 aromatic heterocycles. The maximum absolute atomic E-state index is 9.25. The molecule has 1 aliphatic carbocycles. The Morgan fingerprint density at radius 1 is 1.32 bits per heavy atom. The van der Waals surface area contributed by atoms with E-state index in [1.54, 1.807) is 6.07 Å². The summed E-state index contributed by atoms with van der Waals surface area (Å²) >= 11 is 0. The van der Waals surface area contributed by atoms with Crippen LogP contribution in [0.3, 0.4) is 0 Å². The number of fused-ring (bicyclic) bond motifs is 1. The summed E-state index contributed by atoms with van der Waals surface area (Å²) in [4.78, 5) is 9.01. The molecule has 0 unspecified atom stereocenters. The van der Waals surface area contributed by atoms with Crippen molar-refractivity contribution in [2.75, 3.05) is 10.6 Å². The van der Waals surface area contributed by atoms with Crippen molar-refractivity contribution in [3.63, 3.8) is 0 Å². The number of hydrogen-bond donors (Lipinski definition) is 3. The topological polar surface area (TPSA) is 99.6 Å². The molecule has 0 radical (unpaired) electrons. The monoisotopic (exact) mass is 338 g/mol. The zero-order chi connectivity index (χ0) is 17.8. The van der Waals surface area contributed by atoms with E-state index in [0.717, 1.165) is 54.5 Å². The Labute approximate surface area is 148 Å². The van der Waals surface area contributed by atoms with E-state index in [-0.39, 0.29) is 6.04 Å². The average Bonchev–Trinajstić information content (AvgIpc) is 3.04. The number of hydrogen-bond acceptors (Lipinski definition) is 6. The van der Waals surface area contributed by atoms with E-state index in [9.17, 15) is 5.26 Å². The Bertz CT molecular complexity index is 777. The molecule has 25 heavy (non-hydrogen) atoms. The molecule has 0 spiro atoms. The van der Waals surface area contributed by atoms with Crippen molar-refractivity contribution in [1.82, 2.24) is 9.97 Å². The number of nitrogens with zero attached hydrogens (tertiary/aromatic N) is 3. The highest BCUT2D eigenvalue weighted by molar-refractivity contribution is 5.93. The normalized spacial score (nSPS) is 20.0. The molecule has 0 saturated heterocycles. The average molecular weight is 338 g/mol. The van der Waals surface area contributed by atoms with Gasteiger partial charge in [-0.05, 0) is 44.2 Å². The second kappa shape index (κ2) is 7.66. The minimum atomic E-state index is 0.282. The van der Waals surface area contributed by atoms with Crippen LogP contribution in [0, 0.1) is 11.3 Å². The van der Waals surface area contributed by atoms with Crippen LogP contribution in [0.4, 0.5) is 11.6 Å². The smallest absolute Gasteiger partial charge is 0.143 e. The van der Waals surface area contributed by atoms with Gasteiger partial charge in [0.05, 0.1) is 0 Å². The molecular weight excluding hydrogens is 312 g/mol. The van der Waals surface area contributed by atoms with Gasteiger partial charge in [0.15, 0.2) is 0 Å². The largest absolute Gasteiger partial charge is 0.367 e. The van der Waals surface area contributed by atoms with Gasteiger partial charge >= 0.3 is 0 Å². The highest BCUT2D eigenvalue weighted by Crippen LogP contribution is 2.27. The van der Waals surface area contributed by atoms with Crippen LogP contribution in [0.5, 0.6) is 0 Å². The Morgan fingerprint density at radius 3 is 2.76 bits per heavy atom.